The molecule has 0 spiro atoms. The Balaban J connectivity index is 1.37. The number of nitrogens with zero attached hydrogens (tertiary/aromatic N) is 6. The molecule has 2 unspecified atom stereocenters. The van der Waals surface area contributed by atoms with Crippen molar-refractivity contribution in [2.75, 3.05) is 23.8 Å². The van der Waals surface area contributed by atoms with Gasteiger partial charge in [-0.25, -0.2) is 19.6 Å². The lowest BCUT2D eigenvalue weighted by Gasteiger charge is -2.29. The molecule has 158 valence electrons. The smallest absolute Gasteiger partial charge is 0.259 e. The molecule has 0 radical (unpaired) electrons. The molecule has 0 bridgehead atoms. The van der Waals surface area contributed by atoms with E-state index in [9.17, 15) is 4.79 Å². The summed E-state index contributed by atoms with van der Waals surface area (Å²) in [6.07, 6.45) is 5.72. The maximum atomic E-state index is 12.9. The van der Waals surface area contributed by atoms with E-state index in [-0.39, 0.29) is 18.0 Å². The van der Waals surface area contributed by atoms with E-state index in [1.165, 1.54) is 16.0 Å². The minimum absolute atomic E-state index is 0.0193. The molecule has 0 saturated carbocycles. The second kappa shape index (κ2) is 8.34. The van der Waals surface area contributed by atoms with Crippen molar-refractivity contribution in [3.63, 3.8) is 0 Å². The summed E-state index contributed by atoms with van der Waals surface area (Å²) in [5.41, 5.74) is 7.14. The number of hydrogen-bond donors (Lipinski definition) is 3. The fourth-order valence-corrected chi connectivity index (χ4v) is 4.14. The van der Waals surface area contributed by atoms with Crippen LogP contribution < -0.4 is 16.4 Å². The number of rotatable bonds is 5. The zero-order valence-corrected chi connectivity index (χ0v) is 17.1. The van der Waals surface area contributed by atoms with Gasteiger partial charge in [0.1, 0.15) is 5.82 Å². The minimum Gasteiger partial charge on any atom is -0.380 e. The average Bonchev–Trinajstić information content (AvgIpc) is 3.45. The molecule has 0 aliphatic carbocycles. The van der Waals surface area contributed by atoms with E-state index in [2.05, 4.69) is 35.9 Å². The van der Waals surface area contributed by atoms with Crippen molar-refractivity contribution in [2.24, 2.45) is 5.73 Å². The quantitative estimate of drug-likeness (QED) is 0.422. The van der Waals surface area contributed by atoms with Crippen LogP contribution in [0.5, 0.6) is 0 Å². The van der Waals surface area contributed by atoms with Crippen LogP contribution in [0.15, 0.2) is 42.2 Å². The van der Waals surface area contributed by atoms with Crippen LogP contribution >= 0.6 is 11.3 Å². The predicted molar refractivity (Wildman–Crippen MR) is 115 cm³/mol. The Labute approximate surface area is 180 Å². The summed E-state index contributed by atoms with van der Waals surface area (Å²) in [4.78, 5) is 26.3. The Bertz CT molecular complexity index is 1210. The summed E-state index contributed by atoms with van der Waals surface area (Å²) in [6.45, 7) is 1.13. The number of ether oxygens (including phenoxy) is 1. The first-order chi connectivity index (χ1) is 15.2. The Hall–Kier alpha value is -3.48. The molecule has 4 aromatic rings. The van der Waals surface area contributed by atoms with Crippen molar-refractivity contribution in [1.82, 2.24) is 29.9 Å². The van der Waals surface area contributed by atoms with Crippen molar-refractivity contribution >= 4 is 39.2 Å². The summed E-state index contributed by atoms with van der Waals surface area (Å²) in [7, 11) is 0. The first-order valence-electron chi connectivity index (χ1n) is 9.66. The lowest BCUT2D eigenvalue weighted by Crippen LogP contribution is -2.47. The van der Waals surface area contributed by atoms with Crippen molar-refractivity contribution in [3.05, 3.63) is 47.7 Å². The zero-order valence-electron chi connectivity index (χ0n) is 16.3. The lowest BCUT2D eigenvalue weighted by atomic mass is 10.1. The van der Waals surface area contributed by atoms with Gasteiger partial charge in [0.15, 0.2) is 5.82 Å². The second-order valence-electron chi connectivity index (χ2n) is 7.02. The van der Waals surface area contributed by atoms with E-state index in [4.69, 9.17) is 10.5 Å². The first kappa shape index (κ1) is 19.5. The standard InChI is InChI=1S/C19H19N9O2S/c20-12-9-30-7-4-13(12)23-19-21-8-14-17(26-19)11(10-31-14)18(29)25-15-2-1-3-16(24-15)28-6-5-22-27-28/h1-3,5-6,8,10,12-13H,4,7,9,20H2,(H,21,23,26)(H,24,25,29). The van der Waals surface area contributed by atoms with Crippen LogP contribution in [0.25, 0.3) is 16.0 Å². The molecule has 1 aliphatic heterocycles. The third-order valence-corrected chi connectivity index (χ3v) is 5.81. The SMILES string of the molecule is NC1COCCC1Nc1ncc2scc(C(=O)Nc3cccc(-n4ccnn4)n3)c2n1. The number of amides is 1. The summed E-state index contributed by atoms with van der Waals surface area (Å²) in [5, 5.41) is 15.5. The van der Waals surface area contributed by atoms with Gasteiger partial charge in [-0.15, -0.1) is 16.4 Å². The van der Waals surface area contributed by atoms with Crippen molar-refractivity contribution in [3.8, 4) is 5.82 Å². The van der Waals surface area contributed by atoms with E-state index < -0.39 is 0 Å². The largest absolute Gasteiger partial charge is 0.380 e. The summed E-state index contributed by atoms with van der Waals surface area (Å²) >= 11 is 1.41. The number of fused-ring (bicyclic) bond motifs is 1. The fraction of sp³-hybridized carbons (Fsp3) is 0.263. The van der Waals surface area contributed by atoms with Gasteiger partial charge in [-0.3, -0.25) is 4.79 Å². The molecule has 5 rings (SSSR count). The molecule has 2 atom stereocenters. The van der Waals surface area contributed by atoms with Crippen LogP contribution in [-0.4, -0.2) is 61.2 Å². The fourth-order valence-electron chi connectivity index (χ4n) is 3.30. The van der Waals surface area contributed by atoms with E-state index in [1.54, 1.807) is 42.2 Å². The molecule has 0 aromatic carbocycles. The number of carbonyl (C=O) groups excluding carboxylic acids is 1. The van der Waals surface area contributed by atoms with Crippen LogP contribution in [0.4, 0.5) is 11.8 Å². The number of nitrogens with two attached hydrogens (primary N) is 1. The van der Waals surface area contributed by atoms with Gasteiger partial charge in [0.05, 0.1) is 41.0 Å². The molecule has 31 heavy (non-hydrogen) atoms. The number of nitrogens with one attached hydrogen (secondary N) is 2. The molecule has 1 aliphatic rings. The van der Waals surface area contributed by atoms with Gasteiger partial charge in [-0.1, -0.05) is 11.3 Å². The third kappa shape index (κ3) is 4.08. The average molecular weight is 437 g/mol. The van der Waals surface area contributed by atoms with Gasteiger partial charge in [-0.05, 0) is 18.6 Å². The predicted octanol–water partition coefficient (Wildman–Crippen LogP) is 1.45. The molecular weight excluding hydrogens is 418 g/mol. The molecule has 4 N–H and O–H groups in total. The van der Waals surface area contributed by atoms with Gasteiger partial charge in [0.2, 0.25) is 5.95 Å². The van der Waals surface area contributed by atoms with Crippen LogP contribution in [-0.2, 0) is 4.74 Å². The Morgan fingerprint density at radius 1 is 1.32 bits per heavy atom. The topological polar surface area (TPSA) is 146 Å². The van der Waals surface area contributed by atoms with E-state index in [0.29, 0.717) is 41.9 Å². The second-order valence-corrected chi connectivity index (χ2v) is 7.93. The third-order valence-electron chi connectivity index (χ3n) is 4.91. The zero-order chi connectivity index (χ0) is 21.2. The highest BCUT2D eigenvalue weighted by Crippen LogP contribution is 2.26. The van der Waals surface area contributed by atoms with Crippen LogP contribution in [0.3, 0.4) is 0 Å². The minimum atomic E-state index is -0.304. The highest BCUT2D eigenvalue weighted by molar-refractivity contribution is 7.17. The van der Waals surface area contributed by atoms with Gasteiger partial charge in [0, 0.05) is 24.1 Å². The van der Waals surface area contributed by atoms with Gasteiger partial charge in [0.25, 0.3) is 5.91 Å². The molecule has 11 nitrogen and oxygen atoms in total. The van der Waals surface area contributed by atoms with Crippen LogP contribution in [0, 0.1) is 0 Å². The summed E-state index contributed by atoms with van der Waals surface area (Å²) in [5.74, 6) is 1.08. The summed E-state index contributed by atoms with van der Waals surface area (Å²) < 4.78 is 7.71. The molecule has 1 amide bonds. The first-order valence-corrected chi connectivity index (χ1v) is 10.5. The summed E-state index contributed by atoms with van der Waals surface area (Å²) in [6, 6.07) is 5.15. The number of carbonyl (C=O) groups is 1. The Kier molecular flexibility index (Phi) is 5.24. The van der Waals surface area contributed by atoms with Gasteiger partial charge in [-0.2, -0.15) is 0 Å². The Morgan fingerprint density at radius 2 is 2.26 bits per heavy atom. The maximum Gasteiger partial charge on any atom is 0.259 e. The van der Waals surface area contributed by atoms with E-state index >= 15 is 0 Å². The Morgan fingerprint density at radius 3 is 3.10 bits per heavy atom. The molecule has 1 fully saturated rings. The molecule has 4 aromatic heterocycles. The molecule has 12 heteroatoms. The van der Waals surface area contributed by atoms with Crippen molar-refractivity contribution in [2.45, 2.75) is 18.5 Å². The number of aromatic nitrogens is 6. The van der Waals surface area contributed by atoms with E-state index in [0.717, 1.165) is 11.1 Å². The van der Waals surface area contributed by atoms with Crippen molar-refractivity contribution < 1.29 is 9.53 Å². The molecule has 5 heterocycles. The monoisotopic (exact) mass is 437 g/mol. The van der Waals surface area contributed by atoms with Crippen molar-refractivity contribution in [1.29, 1.82) is 0 Å². The number of anilines is 2. The van der Waals surface area contributed by atoms with Gasteiger partial charge < -0.3 is 21.1 Å². The lowest BCUT2D eigenvalue weighted by molar-refractivity contribution is 0.0751. The van der Waals surface area contributed by atoms with Crippen LogP contribution in [0.2, 0.25) is 0 Å². The van der Waals surface area contributed by atoms with E-state index in [1.807, 2.05) is 0 Å². The number of thiophene rings is 1. The number of pyridine rings is 1. The number of hydrogen-bond acceptors (Lipinski definition) is 10. The molecule has 1 saturated heterocycles. The maximum absolute atomic E-state index is 12.9. The highest BCUT2D eigenvalue weighted by atomic mass is 32.1. The van der Waals surface area contributed by atoms with Crippen LogP contribution in [0.1, 0.15) is 16.8 Å². The normalized spacial score (nSPS) is 18.7. The van der Waals surface area contributed by atoms with Gasteiger partial charge >= 0.3 is 0 Å². The molecular formula is C19H19N9O2S. The highest BCUT2D eigenvalue weighted by Gasteiger charge is 2.23.